The Morgan fingerprint density at radius 3 is 1.29 bits per heavy atom. The van der Waals surface area contributed by atoms with Gasteiger partial charge in [-0.1, -0.05) is 36.4 Å². The van der Waals surface area contributed by atoms with Crippen LogP contribution >= 0.6 is 0 Å². The molecule has 0 aliphatic heterocycles. The van der Waals surface area contributed by atoms with Crippen molar-refractivity contribution < 1.29 is 0 Å². The summed E-state index contributed by atoms with van der Waals surface area (Å²) in [5.41, 5.74) is 2.24. The number of rotatable bonds is 2. The van der Waals surface area contributed by atoms with Crippen LogP contribution in [0.3, 0.4) is 0 Å². The third kappa shape index (κ3) is 3.52. The molecule has 0 heterocycles. The summed E-state index contributed by atoms with van der Waals surface area (Å²) in [7, 11) is 0. The summed E-state index contributed by atoms with van der Waals surface area (Å²) in [6.45, 7) is 0. The molecule has 0 unspecified atom stereocenters. The van der Waals surface area contributed by atoms with Gasteiger partial charge >= 0.3 is 48.9 Å². The number of para-hydroxylation sites is 2. The maximum Gasteiger partial charge on any atom is 0.0384 e. The summed E-state index contributed by atoms with van der Waals surface area (Å²) in [5, 5.41) is 3.30. The molecular weight excluding hydrogens is 295 g/mol. The first kappa shape index (κ1) is 11.9. The van der Waals surface area contributed by atoms with Crippen LogP contribution in [0.1, 0.15) is 0 Å². The number of benzene rings is 2. The Hall–Kier alpha value is -0.189. The molecule has 0 aromatic heterocycles. The third-order valence-electron chi connectivity index (χ3n) is 1.84. The molecular formula is C12H13BaN. The zero-order valence-corrected chi connectivity index (χ0v) is 7.27. The maximum atomic E-state index is 3.30. The molecule has 0 saturated carbocycles. The van der Waals surface area contributed by atoms with Gasteiger partial charge in [0.15, 0.2) is 0 Å². The van der Waals surface area contributed by atoms with Gasteiger partial charge in [0.05, 0.1) is 0 Å². The van der Waals surface area contributed by atoms with Crippen molar-refractivity contribution in [3.05, 3.63) is 60.7 Å². The SMILES string of the molecule is [BaH2].c1ccc(Nc2ccccc2)cc1. The van der Waals surface area contributed by atoms with Gasteiger partial charge in [-0.2, -0.15) is 0 Å². The minimum Gasteiger partial charge on any atom is -0.356 e. The van der Waals surface area contributed by atoms with E-state index in [1.54, 1.807) is 0 Å². The van der Waals surface area contributed by atoms with E-state index in [0.29, 0.717) is 0 Å². The Balaban J connectivity index is 0.000000980. The Morgan fingerprint density at radius 1 is 0.571 bits per heavy atom. The van der Waals surface area contributed by atoms with Gasteiger partial charge in [0.2, 0.25) is 0 Å². The molecule has 1 N–H and O–H groups in total. The Bertz CT molecular complexity index is 321. The van der Waals surface area contributed by atoms with Gasteiger partial charge in [-0.15, -0.1) is 0 Å². The second kappa shape index (κ2) is 6.32. The molecule has 2 rings (SSSR count). The summed E-state index contributed by atoms with van der Waals surface area (Å²) in [4.78, 5) is 0. The first-order valence-electron chi connectivity index (χ1n) is 4.32. The van der Waals surface area contributed by atoms with E-state index in [-0.39, 0.29) is 48.9 Å². The number of anilines is 2. The standard InChI is InChI=1S/C12H11N.Ba.2H/c1-3-7-11(8-4-1)13-12-9-5-2-6-10-12;;;/h1-10,13H;;;. The topological polar surface area (TPSA) is 12.0 Å². The minimum atomic E-state index is 0. The van der Waals surface area contributed by atoms with Crippen LogP contribution in [0.4, 0.5) is 11.4 Å². The molecule has 0 atom stereocenters. The summed E-state index contributed by atoms with van der Waals surface area (Å²) < 4.78 is 0. The number of hydrogen-bond acceptors (Lipinski definition) is 1. The first-order chi connectivity index (χ1) is 6.45. The molecule has 0 aliphatic rings. The molecule has 2 aromatic carbocycles. The summed E-state index contributed by atoms with van der Waals surface area (Å²) in [6.07, 6.45) is 0. The fourth-order valence-corrected chi connectivity index (χ4v) is 1.21. The van der Waals surface area contributed by atoms with Gasteiger partial charge < -0.3 is 5.32 Å². The van der Waals surface area contributed by atoms with E-state index < -0.39 is 0 Å². The Morgan fingerprint density at radius 2 is 0.929 bits per heavy atom. The summed E-state index contributed by atoms with van der Waals surface area (Å²) in [5.74, 6) is 0. The van der Waals surface area contributed by atoms with Crippen LogP contribution in [0.5, 0.6) is 0 Å². The molecule has 0 radical (unpaired) electrons. The zero-order valence-electron chi connectivity index (χ0n) is 7.27. The normalized spacial score (nSPS) is 8.86. The van der Waals surface area contributed by atoms with Crippen LogP contribution in [-0.4, -0.2) is 48.9 Å². The first-order valence-corrected chi connectivity index (χ1v) is 4.32. The van der Waals surface area contributed by atoms with E-state index in [0.717, 1.165) is 11.4 Å². The largest absolute Gasteiger partial charge is 0.356 e. The predicted octanol–water partition coefficient (Wildman–Crippen LogP) is 2.51. The van der Waals surface area contributed by atoms with E-state index in [1.165, 1.54) is 0 Å². The Labute approximate surface area is 125 Å². The van der Waals surface area contributed by atoms with Crippen molar-refractivity contribution in [2.24, 2.45) is 0 Å². The van der Waals surface area contributed by atoms with Crippen LogP contribution in [0.15, 0.2) is 60.7 Å². The van der Waals surface area contributed by atoms with Crippen LogP contribution < -0.4 is 5.32 Å². The van der Waals surface area contributed by atoms with Gasteiger partial charge in [0.25, 0.3) is 0 Å². The molecule has 2 aromatic rings. The quantitative estimate of drug-likeness (QED) is 0.841. The van der Waals surface area contributed by atoms with Crippen molar-refractivity contribution in [2.75, 3.05) is 5.32 Å². The van der Waals surface area contributed by atoms with E-state index in [9.17, 15) is 0 Å². The van der Waals surface area contributed by atoms with Gasteiger partial charge in [-0.3, -0.25) is 0 Å². The van der Waals surface area contributed by atoms with Gasteiger partial charge in [-0.05, 0) is 24.3 Å². The monoisotopic (exact) mass is 309 g/mol. The molecule has 14 heavy (non-hydrogen) atoms. The van der Waals surface area contributed by atoms with Crippen molar-refractivity contribution in [3.63, 3.8) is 0 Å². The van der Waals surface area contributed by atoms with Crippen LogP contribution in [0, 0.1) is 0 Å². The smallest absolute Gasteiger partial charge is 0.0384 e. The van der Waals surface area contributed by atoms with Crippen LogP contribution in [-0.2, 0) is 0 Å². The zero-order chi connectivity index (χ0) is 8.93. The predicted molar refractivity (Wildman–Crippen MR) is 64.7 cm³/mol. The molecule has 0 fully saturated rings. The van der Waals surface area contributed by atoms with Crippen molar-refractivity contribution in [1.29, 1.82) is 0 Å². The molecule has 68 valence electrons. The van der Waals surface area contributed by atoms with Gasteiger partial charge in [0, 0.05) is 11.4 Å². The van der Waals surface area contributed by atoms with Crippen molar-refractivity contribution in [1.82, 2.24) is 0 Å². The number of nitrogens with one attached hydrogen (secondary N) is 1. The van der Waals surface area contributed by atoms with Gasteiger partial charge in [0.1, 0.15) is 0 Å². The van der Waals surface area contributed by atoms with E-state index >= 15 is 0 Å². The third-order valence-corrected chi connectivity index (χ3v) is 1.84. The van der Waals surface area contributed by atoms with Gasteiger partial charge in [-0.25, -0.2) is 0 Å². The molecule has 0 spiro atoms. The second-order valence-electron chi connectivity index (χ2n) is 2.86. The average Bonchev–Trinajstić information content (AvgIpc) is 2.21. The van der Waals surface area contributed by atoms with E-state index in [4.69, 9.17) is 0 Å². The minimum absolute atomic E-state index is 0. The molecule has 0 bridgehead atoms. The van der Waals surface area contributed by atoms with E-state index in [2.05, 4.69) is 5.32 Å². The van der Waals surface area contributed by atoms with Crippen LogP contribution in [0.2, 0.25) is 0 Å². The maximum absolute atomic E-state index is 3.30. The van der Waals surface area contributed by atoms with Crippen LogP contribution in [0.25, 0.3) is 0 Å². The molecule has 0 amide bonds. The fourth-order valence-electron chi connectivity index (χ4n) is 1.21. The van der Waals surface area contributed by atoms with Crippen molar-refractivity contribution >= 4 is 60.3 Å². The fraction of sp³-hybridized carbons (Fsp3) is 0. The summed E-state index contributed by atoms with van der Waals surface area (Å²) >= 11 is 0. The number of hydrogen-bond donors (Lipinski definition) is 1. The molecule has 0 aliphatic carbocycles. The summed E-state index contributed by atoms with van der Waals surface area (Å²) in [6, 6.07) is 20.3. The molecule has 1 nitrogen and oxygen atoms in total. The second-order valence-corrected chi connectivity index (χ2v) is 2.86. The molecule has 2 heteroatoms. The Kier molecular flexibility index (Phi) is 5.37. The average molecular weight is 309 g/mol. The van der Waals surface area contributed by atoms with Crippen molar-refractivity contribution in [2.45, 2.75) is 0 Å². The van der Waals surface area contributed by atoms with Crippen molar-refractivity contribution in [3.8, 4) is 0 Å². The van der Waals surface area contributed by atoms with E-state index in [1.807, 2.05) is 60.7 Å². The molecule has 0 saturated heterocycles.